The third-order valence-corrected chi connectivity index (χ3v) is 3.73. The predicted molar refractivity (Wildman–Crippen MR) is 79.7 cm³/mol. The van der Waals surface area contributed by atoms with Crippen LogP contribution in [0.3, 0.4) is 0 Å². The van der Waals surface area contributed by atoms with Crippen LogP contribution in [0.5, 0.6) is 0 Å². The normalized spacial score (nSPS) is 12.2. The summed E-state index contributed by atoms with van der Waals surface area (Å²) in [5.74, 6) is -0.0959. The molecular formula is C16H25ClN2O. The minimum absolute atomic E-state index is 0. The van der Waals surface area contributed by atoms with Crippen LogP contribution >= 0.6 is 0 Å². The number of carbonyl (C=O) groups excluding carboxylic acids is 1. The Labute approximate surface area is 128 Å². The number of nitrogens with one attached hydrogen (secondary N) is 1. The van der Waals surface area contributed by atoms with E-state index in [1.165, 1.54) is 11.6 Å². The number of carbonyl (C=O) groups is 1. The number of rotatable bonds is 7. The van der Waals surface area contributed by atoms with Crippen molar-refractivity contribution in [1.82, 2.24) is 5.32 Å². The Morgan fingerprint density at radius 1 is 1.35 bits per heavy atom. The van der Waals surface area contributed by atoms with Crippen LogP contribution in [0.2, 0.25) is 0 Å². The molecule has 0 aliphatic rings. The maximum atomic E-state index is 11.1. The quantitative estimate of drug-likeness (QED) is 0.411. The molecule has 1 aromatic carbocycles. The summed E-state index contributed by atoms with van der Waals surface area (Å²) in [6.45, 7) is 7.41. The van der Waals surface area contributed by atoms with Crippen LogP contribution in [-0.4, -0.2) is 37.6 Å². The maximum Gasteiger partial charge on any atom is 0.243 e. The van der Waals surface area contributed by atoms with Crippen molar-refractivity contribution < 1.29 is 21.7 Å². The Morgan fingerprint density at radius 2 is 1.95 bits per heavy atom. The molecule has 1 rings (SSSR count). The zero-order valence-corrected chi connectivity index (χ0v) is 13.4. The Hall–Kier alpha value is -1.32. The number of amides is 1. The van der Waals surface area contributed by atoms with Crippen LogP contribution in [0.25, 0.3) is 0 Å². The Balaban J connectivity index is 0.00000361. The van der Waals surface area contributed by atoms with E-state index in [0.717, 1.165) is 17.4 Å². The van der Waals surface area contributed by atoms with Gasteiger partial charge in [-0.15, -0.1) is 0 Å². The summed E-state index contributed by atoms with van der Waals surface area (Å²) in [6, 6.07) is 11.0. The molecule has 0 bridgehead atoms. The van der Waals surface area contributed by atoms with E-state index >= 15 is 0 Å². The van der Waals surface area contributed by atoms with Crippen molar-refractivity contribution in [3.8, 4) is 0 Å². The summed E-state index contributed by atoms with van der Waals surface area (Å²) < 4.78 is 0.911. The monoisotopic (exact) mass is 296 g/mol. The second-order valence-electron chi connectivity index (χ2n) is 5.44. The highest BCUT2D eigenvalue weighted by atomic mass is 35.5. The largest absolute Gasteiger partial charge is 1.00 e. The molecule has 1 unspecified atom stereocenters. The fourth-order valence-electron chi connectivity index (χ4n) is 2.10. The van der Waals surface area contributed by atoms with Crippen LogP contribution in [0.4, 0.5) is 0 Å². The second-order valence-corrected chi connectivity index (χ2v) is 5.44. The molecule has 20 heavy (non-hydrogen) atoms. The maximum absolute atomic E-state index is 11.1. The molecule has 0 aliphatic carbocycles. The molecule has 1 atom stereocenters. The highest BCUT2D eigenvalue weighted by Crippen LogP contribution is 2.24. The molecule has 0 fully saturated rings. The zero-order valence-electron chi connectivity index (χ0n) is 12.6. The van der Waals surface area contributed by atoms with Gasteiger partial charge in [-0.25, -0.2) is 0 Å². The van der Waals surface area contributed by atoms with Crippen molar-refractivity contribution in [2.45, 2.75) is 19.4 Å². The summed E-state index contributed by atoms with van der Waals surface area (Å²) in [4.78, 5) is 11.1. The lowest BCUT2D eigenvalue weighted by atomic mass is 10.1. The average Bonchev–Trinajstić information content (AvgIpc) is 2.43. The highest BCUT2D eigenvalue weighted by Gasteiger charge is 2.24. The van der Waals surface area contributed by atoms with Gasteiger partial charge in [0.25, 0.3) is 0 Å². The first-order valence-corrected chi connectivity index (χ1v) is 6.75. The molecule has 0 radical (unpaired) electrons. The van der Waals surface area contributed by atoms with E-state index in [-0.39, 0.29) is 18.3 Å². The standard InChI is InChI=1S/C16H24N2O.ClH/c1-5-16(19)17-12-9-13-18(3,4)14(2)15-10-7-6-8-11-15;/h5-8,10-11,14H,1,9,12-13H2,2-4H3;1H. The summed E-state index contributed by atoms with van der Waals surface area (Å²) in [5.41, 5.74) is 1.35. The van der Waals surface area contributed by atoms with Gasteiger partial charge in [-0.2, -0.15) is 0 Å². The molecule has 0 spiro atoms. The Bertz CT molecular complexity index is 418. The van der Waals surface area contributed by atoms with Gasteiger partial charge in [-0.3, -0.25) is 4.79 Å². The van der Waals surface area contributed by atoms with Crippen molar-refractivity contribution in [2.24, 2.45) is 0 Å². The minimum atomic E-state index is -0.0959. The van der Waals surface area contributed by atoms with Crippen molar-refractivity contribution in [3.63, 3.8) is 0 Å². The van der Waals surface area contributed by atoms with Crippen molar-refractivity contribution >= 4 is 5.91 Å². The van der Waals surface area contributed by atoms with Gasteiger partial charge in [-0.05, 0) is 13.0 Å². The number of hydrogen-bond acceptors (Lipinski definition) is 1. The van der Waals surface area contributed by atoms with Gasteiger partial charge >= 0.3 is 0 Å². The first-order chi connectivity index (χ1) is 8.97. The molecule has 112 valence electrons. The topological polar surface area (TPSA) is 29.1 Å². The zero-order chi connectivity index (χ0) is 14.3. The average molecular weight is 297 g/mol. The third kappa shape index (κ3) is 5.76. The predicted octanol–water partition coefficient (Wildman–Crippen LogP) is -0.480. The Kier molecular flexibility index (Phi) is 8.19. The summed E-state index contributed by atoms with van der Waals surface area (Å²) in [5, 5.41) is 2.82. The van der Waals surface area contributed by atoms with Crippen molar-refractivity contribution in [3.05, 3.63) is 48.6 Å². The lowest BCUT2D eigenvalue weighted by molar-refractivity contribution is -0.919. The van der Waals surface area contributed by atoms with Gasteiger partial charge in [0.05, 0.1) is 20.6 Å². The number of hydrogen-bond donors (Lipinski definition) is 1. The van der Waals surface area contributed by atoms with Gasteiger partial charge in [0.15, 0.2) is 0 Å². The van der Waals surface area contributed by atoms with E-state index in [4.69, 9.17) is 0 Å². The molecule has 1 amide bonds. The molecule has 3 nitrogen and oxygen atoms in total. The van der Waals surface area contributed by atoms with Crippen LogP contribution in [0.1, 0.15) is 24.9 Å². The molecular weight excluding hydrogens is 272 g/mol. The third-order valence-electron chi connectivity index (χ3n) is 3.73. The van der Waals surface area contributed by atoms with Crippen molar-refractivity contribution in [1.29, 1.82) is 0 Å². The summed E-state index contributed by atoms with van der Waals surface area (Å²) >= 11 is 0. The molecule has 4 heteroatoms. The lowest BCUT2D eigenvalue weighted by Gasteiger charge is -2.36. The number of nitrogens with zero attached hydrogens (tertiary/aromatic N) is 1. The molecule has 0 saturated carbocycles. The first kappa shape index (κ1) is 18.7. The van der Waals surface area contributed by atoms with E-state index in [0.29, 0.717) is 12.6 Å². The SMILES string of the molecule is C=CC(=O)NCCC[N+](C)(C)C(C)c1ccccc1.[Cl-]. The summed E-state index contributed by atoms with van der Waals surface area (Å²) in [7, 11) is 4.46. The van der Waals surface area contributed by atoms with Crippen LogP contribution in [0.15, 0.2) is 43.0 Å². The van der Waals surface area contributed by atoms with Crippen LogP contribution < -0.4 is 17.7 Å². The molecule has 1 aromatic rings. The van der Waals surface area contributed by atoms with Gasteiger partial charge < -0.3 is 22.2 Å². The van der Waals surface area contributed by atoms with Crippen molar-refractivity contribution in [2.75, 3.05) is 27.2 Å². The van der Waals surface area contributed by atoms with E-state index < -0.39 is 0 Å². The molecule has 0 aromatic heterocycles. The van der Waals surface area contributed by atoms with Gasteiger partial charge in [0, 0.05) is 18.5 Å². The van der Waals surface area contributed by atoms with Gasteiger partial charge in [-0.1, -0.05) is 36.9 Å². The summed E-state index contributed by atoms with van der Waals surface area (Å²) in [6.07, 6.45) is 2.27. The fraction of sp³-hybridized carbons (Fsp3) is 0.438. The number of halogens is 1. The smallest absolute Gasteiger partial charge is 0.243 e. The second kappa shape index (κ2) is 8.77. The fourth-order valence-corrected chi connectivity index (χ4v) is 2.10. The van der Waals surface area contributed by atoms with Crippen LogP contribution in [0, 0.1) is 0 Å². The minimum Gasteiger partial charge on any atom is -1.00 e. The number of quaternary nitrogens is 1. The molecule has 0 saturated heterocycles. The molecule has 0 aliphatic heterocycles. The van der Waals surface area contributed by atoms with E-state index in [2.05, 4.69) is 57.2 Å². The molecule has 1 N–H and O–H groups in total. The van der Waals surface area contributed by atoms with Gasteiger partial charge in [0.1, 0.15) is 6.04 Å². The lowest BCUT2D eigenvalue weighted by Crippen LogP contribution is -3.00. The van der Waals surface area contributed by atoms with E-state index in [1.54, 1.807) is 0 Å². The highest BCUT2D eigenvalue weighted by molar-refractivity contribution is 5.86. The van der Waals surface area contributed by atoms with Crippen LogP contribution in [-0.2, 0) is 4.79 Å². The molecule has 0 heterocycles. The van der Waals surface area contributed by atoms with E-state index in [9.17, 15) is 4.79 Å². The number of benzene rings is 1. The first-order valence-electron chi connectivity index (χ1n) is 6.75. The van der Waals surface area contributed by atoms with E-state index in [1.807, 2.05) is 6.07 Å². The Morgan fingerprint density at radius 3 is 2.50 bits per heavy atom. The van der Waals surface area contributed by atoms with Gasteiger partial charge in [0.2, 0.25) is 5.91 Å².